The normalized spacial score (nSPS) is 22.2. The largest absolute Gasteiger partial charge is 0.310 e. The number of carbonyl (C=O) groups excluding carboxylic acids is 2. The highest BCUT2D eigenvalue weighted by Crippen LogP contribution is 2.56. The highest BCUT2D eigenvalue weighted by molar-refractivity contribution is 5.98. The first-order valence-electron chi connectivity index (χ1n) is 6.24. The number of carbonyl (C=O) groups is 2. The van der Waals surface area contributed by atoms with Gasteiger partial charge < -0.3 is 5.32 Å². The number of aldehydes is 1. The molecule has 1 aromatic rings. The number of hydrogen-bond donors (Lipinski definition) is 1. The van der Waals surface area contributed by atoms with Gasteiger partial charge in [0.05, 0.1) is 5.41 Å². The van der Waals surface area contributed by atoms with Gasteiger partial charge in [-0.2, -0.15) is 0 Å². The SMILES string of the molecule is O=C/C=C/c1cnc2c(c1)CC1(CC(F)(F)C1)C(=O)N2. The van der Waals surface area contributed by atoms with E-state index in [0.717, 1.165) is 5.56 Å². The predicted molar refractivity (Wildman–Crippen MR) is 68.3 cm³/mol. The number of fused-ring (bicyclic) bond motifs is 1. The summed E-state index contributed by atoms with van der Waals surface area (Å²) in [6.07, 6.45) is 4.51. The Bertz CT molecular complexity index is 618. The first-order chi connectivity index (χ1) is 9.44. The topological polar surface area (TPSA) is 59.1 Å². The smallest absolute Gasteiger partial charge is 0.250 e. The maximum Gasteiger partial charge on any atom is 0.250 e. The van der Waals surface area contributed by atoms with Crippen LogP contribution in [-0.4, -0.2) is 23.1 Å². The Morgan fingerprint density at radius 2 is 2.10 bits per heavy atom. The zero-order chi connectivity index (χ0) is 14.4. The second-order valence-corrected chi connectivity index (χ2v) is 5.39. The van der Waals surface area contributed by atoms with E-state index in [0.29, 0.717) is 17.7 Å². The molecule has 1 saturated carbocycles. The van der Waals surface area contributed by atoms with Gasteiger partial charge in [-0.05, 0) is 29.7 Å². The lowest BCUT2D eigenvalue weighted by atomic mass is 9.61. The number of rotatable bonds is 2. The number of halogens is 2. The van der Waals surface area contributed by atoms with Gasteiger partial charge in [0.1, 0.15) is 12.1 Å². The van der Waals surface area contributed by atoms with Gasteiger partial charge in [0.15, 0.2) is 0 Å². The molecule has 0 bridgehead atoms. The molecule has 4 nitrogen and oxygen atoms in total. The Morgan fingerprint density at radius 1 is 1.35 bits per heavy atom. The standard InChI is InChI=1S/C14H12F2N2O2/c15-14(16)7-13(8-14)5-10-4-9(2-1-3-19)6-17-11(10)18-12(13)20/h1-4,6H,5,7-8H2,(H,17,18,20)/b2-1+. The molecule has 1 amide bonds. The van der Waals surface area contributed by atoms with Gasteiger partial charge in [0, 0.05) is 19.0 Å². The van der Waals surface area contributed by atoms with Crippen molar-refractivity contribution in [1.29, 1.82) is 0 Å². The molecule has 0 radical (unpaired) electrons. The predicted octanol–water partition coefficient (Wildman–Crippen LogP) is 2.20. The second kappa shape index (κ2) is 4.19. The number of allylic oxidation sites excluding steroid dienone is 1. The Balaban J connectivity index is 1.91. The Kier molecular flexibility index (Phi) is 2.70. The van der Waals surface area contributed by atoms with Crippen LogP contribution in [0.1, 0.15) is 24.0 Å². The quantitative estimate of drug-likeness (QED) is 0.666. The van der Waals surface area contributed by atoms with Gasteiger partial charge in [-0.3, -0.25) is 9.59 Å². The molecule has 6 heteroatoms. The van der Waals surface area contributed by atoms with Crippen molar-refractivity contribution >= 4 is 24.1 Å². The van der Waals surface area contributed by atoms with E-state index in [1.165, 1.54) is 12.3 Å². The highest BCUT2D eigenvalue weighted by Gasteiger charge is 2.61. The fraction of sp³-hybridized carbons (Fsp3) is 0.357. The molecule has 0 unspecified atom stereocenters. The van der Waals surface area contributed by atoms with Gasteiger partial charge in [0.25, 0.3) is 0 Å². The van der Waals surface area contributed by atoms with Gasteiger partial charge >= 0.3 is 0 Å². The Morgan fingerprint density at radius 3 is 2.75 bits per heavy atom. The summed E-state index contributed by atoms with van der Waals surface area (Å²) in [4.78, 5) is 26.3. The third-order valence-corrected chi connectivity index (χ3v) is 3.79. The van der Waals surface area contributed by atoms with Crippen LogP contribution in [0.4, 0.5) is 14.6 Å². The molecule has 0 atom stereocenters. The van der Waals surface area contributed by atoms with Crippen molar-refractivity contribution in [3.05, 3.63) is 29.5 Å². The van der Waals surface area contributed by atoms with Gasteiger partial charge in [-0.15, -0.1) is 0 Å². The summed E-state index contributed by atoms with van der Waals surface area (Å²) in [6.45, 7) is 0. The van der Waals surface area contributed by atoms with Crippen LogP contribution < -0.4 is 5.32 Å². The van der Waals surface area contributed by atoms with E-state index in [9.17, 15) is 18.4 Å². The summed E-state index contributed by atoms with van der Waals surface area (Å²) in [7, 11) is 0. The number of nitrogens with zero attached hydrogens (tertiary/aromatic N) is 1. The van der Waals surface area contributed by atoms with Gasteiger partial charge in [0.2, 0.25) is 11.8 Å². The second-order valence-electron chi connectivity index (χ2n) is 5.39. The van der Waals surface area contributed by atoms with Crippen LogP contribution >= 0.6 is 0 Å². The number of nitrogens with one attached hydrogen (secondary N) is 1. The van der Waals surface area contributed by atoms with E-state index in [2.05, 4.69) is 10.3 Å². The van der Waals surface area contributed by atoms with Crippen molar-refractivity contribution in [2.45, 2.75) is 25.2 Å². The minimum absolute atomic E-state index is 0.263. The van der Waals surface area contributed by atoms with Crippen molar-refractivity contribution in [3.8, 4) is 0 Å². The van der Waals surface area contributed by atoms with E-state index in [1.807, 2.05) is 0 Å². The number of alkyl halides is 2. The molecule has 20 heavy (non-hydrogen) atoms. The first-order valence-corrected chi connectivity index (χ1v) is 6.24. The molecule has 0 aromatic carbocycles. The molecule has 0 saturated heterocycles. The average molecular weight is 278 g/mol. The average Bonchev–Trinajstić information content (AvgIpc) is 2.35. The molecule has 2 heterocycles. The molecule has 1 fully saturated rings. The van der Waals surface area contributed by atoms with Crippen molar-refractivity contribution in [2.75, 3.05) is 5.32 Å². The van der Waals surface area contributed by atoms with E-state index < -0.39 is 24.2 Å². The minimum Gasteiger partial charge on any atom is -0.310 e. The van der Waals surface area contributed by atoms with Crippen LogP contribution in [0, 0.1) is 5.41 Å². The van der Waals surface area contributed by atoms with Crippen LogP contribution in [0.3, 0.4) is 0 Å². The summed E-state index contributed by atoms with van der Waals surface area (Å²) in [5, 5.41) is 2.60. The third-order valence-electron chi connectivity index (χ3n) is 3.79. The maximum absolute atomic E-state index is 13.1. The van der Waals surface area contributed by atoms with E-state index in [-0.39, 0.29) is 12.3 Å². The van der Waals surface area contributed by atoms with Crippen molar-refractivity contribution in [1.82, 2.24) is 4.98 Å². The molecule has 1 aromatic heterocycles. The molecule has 3 rings (SSSR count). The lowest BCUT2D eigenvalue weighted by Gasteiger charge is -2.48. The molecular formula is C14H12F2N2O2. The molecular weight excluding hydrogens is 266 g/mol. The number of anilines is 1. The van der Waals surface area contributed by atoms with Crippen molar-refractivity contribution in [2.24, 2.45) is 5.41 Å². The first kappa shape index (κ1) is 12.9. The van der Waals surface area contributed by atoms with Crippen LogP contribution in [0.25, 0.3) is 6.08 Å². The molecule has 1 spiro atoms. The van der Waals surface area contributed by atoms with E-state index in [4.69, 9.17) is 0 Å². The number of amides is 1. The summed E-state index contributed by atoms with van der Waals surface area (Å²) in [5.41, 5.74) is 0.423. The lowest BCUT2D eigenvalue weighted by molar-refractivity contribution is -0.175. The summed E-state index contributed by atoms with van der Waals surface area (Å²) in [6, 6.07) is 1.76. The van der Waals surface area contributed by atoms with Gasteiger partial charge in [-0.25, -0.2) is 13.8 Å². The van der Waals surface area contributed by atoms with Gasteiger partial charge in [-0.1, -0.05) is 6.08 Å². The lowest BCUT2D eigenvalue weighted by Crippen LogP contribution is -2.56. The number of aromatic nitrogens is 1. The molecule has 1 aliphatic carbocycles. The zero-order valence-corrected chi connectivity index (χ0v) is 10.5. The highest BCUT2D eigenvalue weighted by atomic mass is 19.3. The Labute approximate surface area is 113 Å². The molecule has 104 valence electrons. The van der Waals surface area contributed by atoms with E-state index >= 15 is 0 Å². The van der Waals surface area contributed by atoms with Crippen molar-refractivity contribution in [3.63, 3.8) is 0 Å². The van der Waals surface area contributed by atoms with Crippen LogP contribution in [0.15, 0.2) is 18.3 Å². The third kappa shape index (κ3) is 2.01. The fourth-order valence-electron chi connectivity index (χ4n) is 2.93. The van der Waals surface area contributed by atoms with Crippen LogP contribution in [-0.2, 0) is 16.0 Å². The number of pyridine rings is 1. The summed E-state index contributed by atoms with van der Waals surface area (Å²) < 4.78 is 26.2. The molecule has 1 aliphatic heterocycles. The van der Waals surface area contributed by atoms with Crippen molar-refractivity contribution < 1.29 is 18.4 Å². The number of hydrogen-bond acceptors (Lipinski definition) is 3. The molecule has 2 aliphatic rings. The van der Waals surface area contributed by atoms with Crippen LogP contribution in [0.2, 0.25) is 0 Å². The van der Waals surface area contributed by atoms with E-state index in [1.54, 1.807) is 12.1 Å². The molecule has 1 N–H and O–H groups in total. The monoisotopic (exact) mass is 278 g/mol. The summed E-state index contributed by atoms with van der Waals surface area (Å²) >= 11 is 0. The minimum atomic E-state index is -2.75. The maximum atomic E-state index is 13.1. The summed E-state index contributed by atoms with van der Waals surface area (Å²) in [5.74, 6) is -2.71. The zero-order valence-electron chi connectivity index (χ0n) is 10.5. The Hall–Kier alpha value is -2.11. The van der Waals surface area contributed by atoms with Crippen LogP contribution in [0.5, 0.6) is 0 Å². The fourth-order valence-corrected chi connectivity index (χ4v) is 2.93.